The Hall–Kier alpha value is -2.63. The lowest BCUT2D eigenvalue weighted by atomic mass is 10.1. The smallest absolute Gasteiger partial charge is 0.324 e. The highest BCUT2D eigenvalue weighted by atomic mass is 32.2. The number of halogens is 1. The number of hydrogen-bond acceptors (Lipinski definition) is 8. The summed E-state index contributed by atoms with van der Waals surface area (Å²) in [5.41, 5.74) is 0.451. The van der Waals surface area contributed by atoms with E-state index in [4.69, 9.17) is 9.26 Å². The van der Waals surface area contributed by atoms with Crippen molar-refractivity contribution in [1.29, 1.82) is 0 Å². The molecule has 1 atom stereocenters. The molecule has 1 saturated heterocycles. The molecule has 1 aliphatic heterocycles. The molecule has 0 spiro atoms. The van der Waals surface area contributed by atoms with Crippen LogP contribution in [0.25, 0.3) is 22.2 Å². The van der Waals surface area contributed by atoms with Crippen molar-refractivity contribution in [3.63, 3.8) is 0 Å². The van der Waals surface area contributed by atoms with Crippen molar-refractivity contribution in [3.8, 4) is 22.2 Å². The van der Waals surface area contributed by atoms with Crippen molar-refractivity contribution in [2.45, 2.75) is 44.0 Å². The summed E-state index contributed by atoms with van der Waals surface area (Å²) < 4.78 is 52.0. The Kier molecular flexibility index (Phi) is 6.40. The topological polar surface area (TPSA) is 103 Å². The summed E-state index contributed by atoms with van der Waals surface area (Å²) >= 11 is 1.20. The molecule has 2 aromatic heterocycles. The molecule has 8 nitrogen and oxygen atoms in total. The first-order chi connectivity index (χ1) is 15.3. The molecule has 4 rings (SSSR count). The van der Waals surface area contributed by atoms with E-state index in [0.29, 0.717) is 28.2 Å². The second kappa shape index (κ2) is 9.08. The Morgan fingerprint density at radius 3 is 2.91 bits per heavy atom. The molecule has 11 heteroatoms. The number of rotatable bonds is 6. The first-order valence-corrected chi connectivity index (χ1v) is 12.5. The van der Waals surface area contributed by atoms with Crippen LogP contribution >= 0.6 is 11.3 Å². The van der Waals surface area contributed by atoms with Gasteiger partial charge >= 0.3 is 5.97 Å². The van der Waals surface area contributed by atoms with Crippen molar-refractivity contribution >= 4 is 27.3 Å². The number of piperidine rings is 1. The monoisotopic (exact) mass is 479 g/mol. The van der Waals surface area contributed by atoms with Gasteiger partial charge < -0.3 is 9.26 Å². The molecular weight excluding hydrogens is 457 g/mol. The zero-order valence-electron chi connectivity index (χ0n) is 17.6. The van der Waals surface area contributed by atoms with Crippen LogP contribution in [0.1, 0.15) is 31.1 Å². The number of hydrogen-bond donors (Lipinski definition) is 0. The summed E-state index contributed by atoms with van der Waals surface area (Å²) in [5, 5.41) is 3.88. The van der Waals surface area contributed by atoms with Gasteiger partial charge in [0.15, 0.2) is 0 Å². The van der Waals surface area contributed by atoms with Crippen molar-refractivity contribution in [1.82, 2.24) is 14.4 Å². The zero-order valence-corrected chi connectivity index (χ0v) is 19.2. The van der Waals surface area contributed by atoms with Crippen LogP contribution in [0, 0.1) is 12.7 Å². The highest BCUT2D eigenvalue weighted by molar-refractivity contribution is 7.89. The Morgan fingerprint density at radius 1 is 1.34 bits per heavy atom. The normalized spacial score (nSPS) is 17.4. The summed E-state index contributed by atoms with van der Waals surface area (Å²) in [6.07, 6.45) is 1.86. The van der Waals surface area contributed by atoms with E-state index in [2.05, 4.69) is 10.1 Å². The number of aryl methyl sites for hydroxylation is 1. The van der Waals surface area contributed by atoms with Crippen LogP contribution in [0.3, 0.4) is 0 Å². The van der Waals surface area contributed by atoms with Crippen molar-refractivity contribution in [2.24, 2.45) is 0 Å². The van der Waals surface area contributed by atoms with E-state index in [9.17, 15) is 17.6 Å². The molecule has 32 heavy (non-hydrogen) atoms. The SMILES string of the molecule is CCOC(=O)[C@@H]1CCCCN1S(=O)(=O)c1cc(-c2nc(-c3cccc(F)c3)no2)sc1C. The molecule has 1 aromatic carbocycles. The van der Waals surface area contributed by atoms with Gasteiger partial charge in [-0.05, 0) is 51.3 Å². The fourth-order valence-corrected chi connectivity index (χ4v) is 6.82. The molecule has 0 unspecified atom stereocenters. The molecule has 3 heterocycles. The lowest BCUT2D eigenvalue weighted by Gasteiger charge is -2.32. The van der Waals surface area contributed by atoms with Crippen LogP contribution in [-0.4, -0.2) is 48.0 Å². The maximum absolute atomic E-state index is 13.5. The maximum Gasteiger partial charge on any atom is 0.324 e. The number of thiophene rings is 1. The number of carbonyl (C=O) groups excluding carboxylic acids is 1. The summed E-state index contributed by atoms with van der Waals surface area (Å²) in [7, 11) is -3.94. The van der Waals surface area contributed by atoms with Gasteiger partial charge in [-0.2, -0.15) is 9.29 Å². The third-order valence-electron chi connectivity index (χ3n) is 5.19. The average Bonchev–Trinajstić information content (AvgIpc) is 3.41. The highest BCUT2D eigenvalue weighted by Crippen LogP contribution is 2.36. The van der Waals surface area contributed by atoms with Crippen LogP contribution in [-0.2, 0) is 19.6 Å². The van der Waals surface area contributed by atoms with Crippen molar-refractivity contribution < 1.29 is 26.9 Å². The number of ether oxygens (including phenoxy) is 1. The van der Waals surface area contributed by atoms with E-state index in [0.717, 1.165) is 6.42 Å². The van der Waals surface area contributed by atoms with Gasteiger partial charge in [0.1, 0.15) is 11.9 Å². The lowest BCUT2D eigenvalue weighted by molar-refractivity contribution is -0.148. The Balaban J connectivity index is 1.65. The number of esters is 1. The number of sulfonamides is 1. The maximum atomic E-state index is 13.5. The molecule has 1 aliphatic rings. The van der Waals surface area contributed by atoms with Crippen LogP contribution in [0.5, 0.6) is 0 Å². The fourth-order valence-electron chi connectivity index (χ4n) is 3.69. The zero-order chi connectivity index (χ0) is 22.9. The van der Waals surface area contributed by atoms with Gasteiger partial charge in [0.05, 0.1) is 16.4 Å². The van der Waals surface area contributed by atoms with Gasteiger partial charge in [-0.3, -0.25) is 4.79 Å². The van der Waals surface area contributed by atoms with Crippen LogP contribution in [0.2, 0.25) is 0 Å². The molecule has 0 saturated carbocycles. The molecular formula is C21H22FN3O5S2. The summed E-state index contributed by atoms with van der Waals surface area (Å²) in [4.78, 5) is 17.8. The van der Waals surface area contributed by atoms with Crippen molar-refractivity contribution in [2.75, 3.05) is 13.2 Å². The summed E-state index contributed by atoms with van der Waals surface area (Å²) in [5.74, 6) is -0.611. The van der Waals surface area contributed by atoms with Gasteiger partial charge in [-0.1, -0.05) is 17.3 Å². The standard InChI is InChI=1S/C21H22FN3O5S2/c1-3-29-21(26)16-9-4-5-10-25(16)32(27,28)18-12-17(31-13(18)2)20-23-19(24-30-20)14-7-6-8-15(22)11-14/h6-8,11-12,16H,3-5,9-10H2,1-2H3/t16-/m0/s1. The molecule has 0 amide bonds. The molecule has 0 N–H and O–H groups in total. The molecule has 0 bridgehead atoms. The minimum absolute atomic E-state index is 0.0965. The Morgan fingerprint density at radius 2 is 2.16 bits per heavy atom. The lowest BCUT2D eigenvalue weighted by Crippen LogP contribution is -2.48. The third-order valence-corrected chi connectivity index (χ3v) is 8.39. The second-order valence-electron chi connectivity index (χ2n) is 7.34. The quantitative estimate of drug-likeness (QED) is 0.492. The van der Waals surface area contributed by atoms with Gasteiger partial charge in [-0.15, -0.1) is 11.3 Å². The molecule has 3 aromatic rings. The first kappa shape index (κ1) is 22.6. The van der Waals surface area contributed by atoms with E-state index in [1.807, 2.05) is 0 Å². The third kappa shape index (κ3) is 4.32. The molecule has 0 radical (unpaired) electrons. The number of aromatic nitrogens is 2. The average molecular weight is 480 g/mol. The number of carbonyl (C=O) groups is 1. The van der Waals surface area contributed by atoms with Gasteiger partial charge in [0.2, 0.25) is 15.8 Å². The highest BCUT2D eigenvalue weighted by Gasteiger charge is 2.39. The van der Waals surface area contributed by atoms with Crippen LogP contribution in [0.4, 0.5) is 4.39 Å². The number of nitrogens with zero attached hydrogens (tertiary/aromatic N) is 3. The fraction of sp³-hybridized carbons (Fsp3) is 0.381. The van der Waals surface area contributed by atoms with Gasteiger partial charge in [0.25, 0.3) is 5.89 Å². The minimum atomic E-state index is -3.94. The van der Waals surface area contributed by atoms with E-state index in [1.165, 1.54) is 33.8 Å². The summed E-state index contributed by atoms with van der Waals surface area (Å²) in [6.45, 7) is 3.82. The van der Waals surface area contributed by atoms with E-state index >= 15 is 0 Å². The predicted molar refractivity (Wildman–Crippen MR) is 116 cm³/mol. The molecule has 1 fully saturated rings. The number of benzene rings is 1. The van der Waals surface area contributed by atoms with Gasteiger partial charge in [-0.25, -0.2) is 12.8 Å². The van der Waals surface area contributed by atoms with E-state index in [-0.39, 0.29) is 29.8 Å². The molecule has 0 aliphatic carbocycles. The van der Waals surface area contributed by atoms with Crippen LogP contribution in [0.15, 0.2) is 39.8 Å². The Labute approximate surface area is 189 Å². The predicted octanol–water partition coefficient (Wildman–Crippen LogP) is 4.02. The van der Waals surface area contributed by atoms with E-state index in [1.54, 1.807) is 26.0 Å². The van der Waals surface area contributed by atoms with Crippen LogP contribution < -0.4 is 0 Å². The Bertz CT molecular complexity index is 1240. The first-order valence-electron chi connectivity index (χ1n) is 10.2. The second-order valence-corrected chi connectivity index (χ2v) is 10.5. The summed E-state index contributed by atoms with van der Waals surface area (Å²) in [6, 6.07) is 6.44. The van der Waals surface area contributed by atoms with Gasteiger partial charge in [0, 0.05) is 17.0 Å². The largest absolute Gasteiger partial charge is 0.465 e. The minimum Gasteiger partial charge on any atom is -0.465 e. The molecule has 170 valence electrons. The van der Waals surface area contributed by atoms with E-state index < -0.39 is 27.9 Å². The van der Waals surface area contributed by atoms with Crippen molar-refractivity contribution in [3.05, 3.63) is 41.0 Å².